The monoisotopic (exact) mass is 398 g/mol. The third-order valence-electron chi connectivity index (χ3n) is 4.28. The Balaban J connectivity index is 1.53. The van der Waals surface area contributed by atoms with E-state index in [0.29, 0.717) is 5.15 Å². The molecule has 3 heterocycles. The number of thiophene rings is 1. The van der Waals surface area contributed by atoms with Gasteiger partial charge in [0, 0.05) is 56.3 Å². The maximum atomic E-state index is 12.4. The van der Waals surface area contributed by atoms with Gasteiger partial charge in [-0.15, -0.1) is 11.3 Å². The van der Waals surface area contributed by atoms with Crippen LogP contribution in [0.5, 0.6) is 0 Å². The molecule has 8 heteroatoms. The molecule has 25 heavy (non-hydrogen) atoms. The van der Waals surface area contributed by atoms with Crippen LogP contribution in [0.25, 0.3) is 6.08 Å². The van der Waals surface area contributed by atoms with E-state index in [1.807, 2.05) is 17.9 Å². The predicted molar refractivity (Wildman–Crippen MR) is 103 cm³/mol. The van der Waals surface area contributed by atoms with Gasteiger partial charge in [-0.1, -0.05) is 23.2 Å². The summed E-state index contributed by atoms with van der Waals surface area (Å²) in [4.78, 5) is 17.9. The van der Waals surface area contributed by atoms with Crippen molar-refractivity contribution in [3.63, 3.8) is 0 Å². The summed E-state index contributed by atoms with van der Waals surface area (Å²) >= 11 is 13.8. The van der Waals surface area contributed by atoms with Crippen molar-refractivity contribution in [2.45, 2.75) is 13.5 Å². The van der Waals surface area contributed by atoms with Gasteiger partial charge in [-0.3, -0.25) is 14.4 Å². The van der Waals surface area contributed by atoms with E-state index < -0.39 is 0 Å². The van der Waals surface area contributed by atoms with E-state index in [-0.39, 0.29) is 5.91 Å². The summed E-state index contributed by atoms with van der Waals surface area (Å²) in [6.07, 6.45) is 3.34. The molecule has 3 rings (SSSR count). The molecule has 5 nitrogen and oxygen atoms in total. The fourth-order valence-corrected chi connectivity index (χ4v) is 4.25. The van der Waals surface area contributed by atoms with E-state index in [1.54, 1.807) is 35.2 Å². The summed E-state index contributed by atoms with van der Waals surface area (Å²) in [6, 6.07) is 3.99. The highest BCUT2D eigenvalue weighted by Gasteiger charge is 2.20. The lowest BCUT2D eigenvalue weighted by atomic mass is 10.2. The first-order valence-corrected chi connectivity index (χ1v) is 9.64. The molecule has 1 saturated heterocycles. The van der Waals surface area contributed by atoms with E-state index in [0.717, 1.165) is 48.3 Å². The summed E-state index contributed by atoms with van der Waals surface area (Å²) in [7, 11) is 1.79. The van der Waals surface area contributed by atoms with Crippen LogP contribution in [0, 0.1) is 6.92 Å². The van der Waals surface area contributed by atoms with Gasteiger partial charge < -0.3 is 4.90 Å². The molecule has 1 amide bonds. The number of rotatable bonds is 4. The molecule has 1 fully saturated rings. The minimum atomic E-state index is 0.0122. The zero-order chi connectivity index (χ0) is 18.0. The van der Waals surface area contributed by atoms with Gasteiger partial charge in [-0.25, -0.2) is 0 Å². The van der Waals surface area contributed by atoms with Crippen LogP contribution in [0.3, 0.4) is 0 Å². The molecule has 0 unspecified atom stereocenters. The standard InChI is InChI=1S/C17H20Cl2N4OS/c1-12-14(17(19)21(2)20-12)4-6-16(24)23-9-7-22(8-10-23)11-13-3-5-15(18)25-13/h3-6H,7-11H2,1-2H3/b6-4+. The van der Waals surface area contributed by atoms with Gasteiger partial charge in [0.2, 0.25) is 5.91 Å². The summed E-state index contributed by atoms with van der Waals surface area (Å²) < 4.78 is 2.43. The van der Waals surface area contributed by atoms with E-state index in [9.17, 15) is 4.79 Å². The number of aryl methyl sites for hydroxylation is 2. The third-order valence-corrected chi connectivity index (χ3v) is 5.95. The van der Waals surface area contributed by atoms with Crippen molar-refractivity contribution < 1.29 is 4.79 Å². The Morgan fingerprint density at radius 3 is 2.56 bits per heavy atom. The first-order chi connectivity index (χ1) is 11.9. The number of amides is 1. The van der Waals surface area contributed by atoms with E-state index in [1.165, 1.54) is 4.88 Å². The van der Waals surface area contributed by atoms with Gasteiger partial charge in [0.1, 0.15) is 5.15 Å². The average molecular weight is 399 g/mol. The molecule has 0 spiro atoms. The molecular weight excluding hydrogens is 379 g/mol. The molecule has 0 radical (unpaired) electrons. The number of hydrogen-bond donors (Lipinski definition) is 0. The third kappa shape index (κ3) is 4.44. The van der Waals surface area contributed by atoms with Gasteiger partial charge in [0.05, 0.1) is 10.0 Å². The minimum Gasteiger partial charge on any atom is -0.337 e. The van der Waals surface area contributed by atoms with E-state index in [4.69, 9.17) is 23.2 Å². The number of nitrogens with zero attached hydrogens (tertiary/aromatic N) is 4. The minimum absolute atomic E-state index is 0.0122. The smallest absolute Gasteiger partial charge is 0.246 e. The number of aromatic nitrogens is 2. The fraction of sp³-hybridized carbons (Fsp3) is 0.412. The Hall–Kier alpha value is -1.34. The lowest BCUT2D eigenvalue weighted by Crippen LogP contribution is -2.47. The van der Waals surface area contributed by atoms with Crippen LogP contribution in [-0.2, 0) is 18.4 Å². The Bertz CT molecular complexity index is 791. The Morgan fingerprint density at radius 1 is 1.28 bits per heavy atom. The van der Waals surface area contributed by atoms with Crippen molar-refractivity contribution in [2.75, 3.05) is 26.2 Å². The molecule has 2 aromatic heterocycles. The molecule has 0 atom stereocenters. The Labute approximate surface area is 161 Å². The quantitative estimate of drug-likeness (QED) is 0.740. The van der Waals surface area contributed by atoms with Crippen molar-refractivity contribution in [2.24, 2.45) is 7.05 Å². The van der Waals surface area contributed by atoms with Crippen molar-refractivity contribution in [1.29, 1.82) is 0 Å². The van der Waals surface area contributed by atoms with Crippen LogP contribution in [0.15, 0.2) is 18.2 Å². The van der Waals surface area contributed by atoms with Crippen LogP contribution >= 0.6 is 34.5 Å². The van der Waals surface area contributed by atoms with Gasteiger partial charge in [-0.2, -0.15) is 5.10 Å². The normalized spacial score (nSPS) is 16.1. The van der Waals surface area contributed by atoms with Crippen molar-refractivity contribution in [1.82, 2.24) is 19.6 Å². The molecule has 0 aliphatic carbocycles. The molecule has 0 bridgehead atoms. The largest absolute Gasteiger partial charge is 0.337 e. The number of piperazine rings is 1. The lowest BCUT2D eigenvalue weighted by molar-refractivity contribution is -0.127. The number of carbonyl (C=O) groups excluding carboxylic acids is 1. The molecule has 134 valence electrons. The zero-order valence-corrected chi connectivity index (χ0v) is 16.5. The SMILES string of the molecule is Cc1nn(C)c(Cl)c1/C=C/C(=O)N1CCN(Cc2ccc(Cl)s2)CC1. The second-order valence-electron chi connectivity index (χ2n) is 6.05. The van der Waals surface area contributed by atoms with Crippen LogP contribution in [0.4, 0.5) is 0 Å². The van der Waals surface area contributed by atoms with E-state index in [2.05, 4.69) is 16.1 Å². The van der Waals surface area contributed by atoms with Crippen molar-refractivity contribution in [3.8, 4) is 0 Å². The second-order valence-corrected chi connectivity index (χ2v) is 8.21. The van der Waals surface area contributed by atoms with Gasteiger partial charge in [0.25, 0.3) is 0 Å². The molecule has 1 aliphatic heterocycles. The topological polar surface area (TPSA) is 41.4 Å². The number of carbonyl (C=O) groups is 1. The summed E-state index contributed by atoms with van der Waals surface area (Å²) in [5.41, 5.74) is 1.61. The van der Waals surface area contributed by atoms with Gasteiger partial charge >= 0.3 is 0 Å². The van der Waals surface area contributed by atoms with E-state index >= 15 is 0 Å². The molecule has 2 aromatic rings. The van der Waals surface area contributed by atoms with Crippen LogP contribution in [-0.4, -0.2) is 51.7 Å². The molecule has 0 N–H and O–H groups in total. The first kappa shape index (κ1) is 18.5. The highest BCUT2D eigenvalue weighted by atomic mass is 35.5. The maximum Gasteiger partial charge on any atom is 0.246 e. The maximum absolute atomic E-state index is 12.4. The summed E-state index contributed by atoms with van der Waals surface area (Å²) in [6.45, 7) is 5.94. The van der Waals surface area contributed by atoms with Gasteiger partial charge in [0.15, 0.2) is 0 Å². The molecule has 1 aliphatic rings. The molecule has 0 saturated carbocycles. The number of hydrogen-bond acceptors (Lipinski definition) is 4. The van der Waals surface area contributed by atoms with Crippen LogP contribution < -0.4 is 0 Å². The highest BCUT2D eigenvalue weighted by Crippen LogP contribution is 2.23. The molecular formula is C17H20Cl2N4OS. The van der Waals surface area contributed by atoms with Crippen LogP contribution in [0.2, 0.25) is 9.49 Å². The Morgan fingerprint density at radius 2 is 2.00 bits per heavy atom. The van der Waals surface area contributed by atoms with Crippen molar-refractivity contribution >= 4 is 46.5 Å². The predicted octanol–water partition coefficient (Wildman–Crippen LogP) is 3.45. The lowest BCUT2D eigenvalue weighted by Gasteiger charge is -2.33. The number of halogens is 2. The first-order valence-electron chi connectivity index (χ1n) is 8.06. The molecule has 0 aromatic carbocycles. The van der Waals surface area contributed by atoms with Crippen molar-refractivity contribution in [3.05, 3.63) is 43.8 Å². The van der Waals surface area contributed by atoms with Gasteiger partial charge in [-0.05, 0) is 25.1 Å². The fourth-order valence-electron chi connectivity index (χ4n) is 2.88. The summed E-state index contributed by atoms with van der Waals surface area (Å²) in [5, 5.41) is 4.79. The second kappa shape index (κ2) is 7.91. The zero-order valence-electron chi connectivity index (χ0n) is 14.2. The Kier molecular flexibility index (Phi) is 5.84. The van der Waals surface area contributed by atoms with Crippen LogP contribution in [0.1, 0.15) is 16.1 Å². The average Bonchev–Trinajstić information content (AvgIpc) is 3.09. The highest BCUT2D eigenvalue weighted by molar-refractivity contribution is 7.16. The summed E-state index contributed by atoms with van der Waals surface area (Å²) in [5.74, 6) is 0.0122.